The minimum Gasteiger partial charge on any atom is -0.487 e. The van der Waals surface area contributed by atoms with Crippen LogP contribution in [0.1, 0.15) is 12.0 Å². The molecule has 0 aliphatic carbocycles. The van der Waals surface area contributed by atoms with Crippen LogP contribution in [0.4, 0.5) is 4.39 Å². The van der Waals surface area contributed by atoms with E-state index in [4.69, 9.17) is 36.5 Å². The molecule has 27 heavy (non-hydrogen) atoms. The lowest BCUT2D eigenvalue weighted by Crippen LogP contribution is -2.52. The van der Waals surface area contributed by atoms with Crippen molar-refractivity contribution in [2.75, 3.05) is 19.8 Å². The summed E-state index contributed by atoms with van der Waals surface area (Å²) in [5.74, 6) is 0.457. The minimum atomic E-state index is -0.612. The zero-order valence-corrected chi connectivity index (χ0v) is 15.2. The molecule has 2 aromatic carbocycles. The van der Waals surface area contributed by atoms with Crippen molar-refractivity contribution in [3.63, 3.8) is 0 Å². The first-order valence-corrected chi connectivity index (χ1v) is 9.26. The maximum Gasteiger partial charge on any atom is 0.283 e. The van der Waals surface area contributed by atoms with Gasteiger partial charge in [-0.1, -0.05) is 17.7 Å². The molecular weight excluding hydrogens is 371 g/mol. The first-order chi connectivity index (χ1) is 13.0. The van der Waals surface area contributed by atoms with Gasteiger partial charge < -0.3 is 19.9 Å². The third-order valence-electron chi connectivity index (χ3n) is 5.59. The first kappa shape index (κ1) is 16.8. The lowest BCUT2D eigenvalue weighted by molar-refractivity contribution is -0.0732. The monoisotopic (exact) mass is 388 g/mol. The van der Waals surface area contributed by atoms with E-state index in [1.807, 2.05) is 18.2 Å². The van der Waals surface area contributed by atoms with Crippen molar-refractivity contribution in [2.24, 2.45) is 16.6 Å². The summed E-state index contributed by atoms with van der Waals surface area (Å²) in [6, 6.07) is 10.4. The number of halogens is 2. The summed E-state index contributed by atoms with van der Waals surface area (Å²) in [6.45, 7) is 1.53. The van der Waals surface area contributed by atoms with E-state index < -0.39 is 5.54 Å². The highest BCUT2D eigenvalue weighted by Crippen LogP contribution is 2.51. The Balaban J connectivity index is 1.67. The Hall–Kier alpha value is -2.31. The SMILES string of the molecule is NC1=N[C@]2(CO1)c1cc(-c3cc(F)cc(Cl)c3)ccc1O[C@H]1COCC[C@@H]12. The van der Waals surface area contributed by atoms with Crippen molar-refractivity contribution in [2.45, 2.75) is 18.1 Å². The predicted octanol–water partition coefficient (Wildman–Crippen LogP) is 3.48. The van der Waals surface area contributed by atoms with Crippen LogP contribution in [-0.2, 0) is 15.0 Å². The molecule has 5 nitrogen and oxygen atoms in total. The van der Waals surface area contributed by atoms with Crippen LogP contribution in [0.15, 0.2) is 41.4 Å². The van der Waals surface area contributed by atoms with Crippen LogP contribution in [0.5, 0.6) is 5.75 Å². The second-order valence-corrected chi connectivity index (χ2v) is 7.59. The van der Waals surface area contributed by atoms with Crippen LogP contribution in [0.2, 0.25) is 5.02 Å². The van der Waals surface area contributed by atoms with Crippen LogP contribution in [0.25, 0.3) is 11.1 Å². The molecule has 3 atom stereocenters. The van der Waals surface area contributed by atoms with Crippen molar-refractivity contribution in [3.8, 4) is 16.9 Å². The maximum absolute atomic E-state index is 13.8. The van der Waals surface area contributed by atoms with Crippen LogP contribution in [0, 0.1) is 11.7 Å². The van der Waals surface area contributed by atoms with E-state index in [1.165, 1.54) is 12.1 Å². The third kappa shape index (κ3) is 2.66. The largest absolute Gasteiger partial charge is 0.487 e. The first-order valence-electron chi connectivity index (χ1n) is 8.89. The molecule has 2 N–H and O–H groups in total. The lowest BCUT2D eigenvalue weighted by Gasteiger charge is -2.46. The van der Waals surface area contributed by atoms with Gasteiger partial charge >= 0.3 is 0 Å². The fourth-order valence-electron chi connectivity index (χ4n) is 4.38. The lowest BCUT2D eigenvalue weighted by atomic mass is 9.71. The average molecular weight is 389 g/mol. The summed E-state index contributed by atoms with van der Waals surface area (Å²) in [6.07, 6.45) is 0.708. The van der Waals surface area contributed by atoms with Crippen molar-refractivity contribution < 1.29 is 18.6 Å². The zero-order valence-electron chi connectivity index (χ0n) is 14.5. The number of nitrogens with zero attached hydrogens (tertiary/aromatic N) is 1. The number of rotatable bonds is 1. The van der Waals surface area contributed by atoms with Gasteiger partial charge in [0, 0.05) is 23.1 Å². The second kappa shape index (κ2) is 6.11. The third-order valence-corrected chi connectivity index (χ3v) is 5.81. The van der Waals surface area contributed by atoms with Crippen LogP contribution in [0.3, 0.4) is 0 Å². The Bertz CT molecular complexity index is 931. The van der Waals surface area contributed by atoms with E-state index in [2.05, 4.69) is 0 Å². The average Bonchev–Trinajstić information content (AvgIpc) is 3.03. The molecule has 0 bridgehead atoms. The van der Waals surface area contributed by atoms with Gasteiger partial charge in [0.1, 0.15) is 29.8 Å². The minimum absolute atomic E-state index is 0.0982. The normalized spacial score (nSPS) is 28.7. The van der Waals surface area contributed by atoms with Gasteiger partial charge in [-0.25, -0.2) is 9.38 Å². The number of ether oxygens (including phenoxy) is 3. The van der Waals surface area contributed by atoms with Gasteiger partial charge in [0.05, 0.1) is 6.61 Å². The molecule has 0 aromatic heterocycles. The van der Waals surface area contributed by atoms with Gasteiger partial charge in [0.2, 0.25) is 0 Å². The van der Waals surface area contributed by atoms with Gasteiger partial charge in [-0.2, -0.15) is 0 Å². The summed E-state index contributed by atoms with van der Waals surface area (Å²) in [4.78, 5) is 4.71. The van der Waals surface area contributed by atoms with E-state index >= 15 is 0 Å². The highest BCUT2D eigenvalue weighted by atomic mass is 35.5. The number of benzene rings is 2. The summed E-state index contributed by atoms with van der Waals surface area (Å²) in [5.41, 5.74) is 7.73. The standard InChI is InChI=1S/C20H18ClFN2O3/c21-13-5-12(6-14(22)8-13)11-1-2-17-16(7-11)20(10-26-19(23)24-20)15-3-4-25-9-18(15)27-17/h1-2,5-8,15,18H,3-4,9-10H2,(H2,23,24)/t15-,18-,20-/m0/s1. The van der Waals surface area contributed by atoms with Crippen molar-refractivity contribution in [1.29, 1.82) is 0 Å². The van der Waals surface area contributed by atoms with Gasteiger partial charge in [0.25, 0.3) is 6.02 Å². The van der Waals surface area contributed by atoms with E-state index in [0.717, 1.165) is 23.3 Å². The smallest absolute Gasteiger partial charge is 0.283 e. The summed E-state index contributed by atoms with van der Waals surface area (Å²) >= 11 is 6.04. The molecule has 0 unspecified atom stereocenters. The molecule has 2 aromatic rings. The molecule has 7 heteroatoms. The molecule has 1 saturated heterocycles. The molecule has 3 aliphatic rings. The van der Waals surface area contributed by atoms with E-state index in [1.54, 1.807) is 6.07 Å². The van der Waals surface area contributed by atoms with Gasteiger partial charge in [-0.3, -0.25) is 0 Å². The Labute approximate surface area is 160 Å². The van der Waals surface area contributed by atoms with Crippen molar-refractivity contribution >= 4 is 17.6 Å². The molecule has 3 heterocycles. The van der Waals surface area contributed by atoms with Gasteiger partial charge in [-0.15, -0.1) is 0 Å². The quantitative estimate of drug-likeness (QED) is 0.812. The van der Waals surface area contributed by atoms with E-state index in [9.17, 15) is 4.39 Å². The number of hydrogen-bond acceptors (Lipinski definition) is 5. The van der Waals surface area contributed by atoms with Crippen molar-refractivity contribution in [3.05, 3.63) is 52.8 Å². The highest BCUT2D eigenvalue weighted by Gasteiger charge is 2.54. The van der Waals surface area contributed by atoms with Crippen LogP contribution >= 0.6 is 11.6 Å². The molecule has 5 rings (SSSR count). The fraction of sp³-hybridized carbons (Fsp3) is 0.350. The van der Waals surface area contributed by atoms with Gasteiger partial charge in [-0.05, 0) is 47.9 Å². The van der Waals surface area contributed by atoms with Gasteiger partial charge in [0.15, 0.2) is 0 Å². The number of hydrogen-bond donors (Lipinski definition) is 1. The molecule has 140 valence electrons. The van der Waals surface area contributed by atoms with Crippen molar-refractivity contribution in [1.82, 2.24) is 0 Å². The summed E-state index contributed by atoms with van der Waals surface area (Å²) in [5, 5.41) is 0.352. The molecule has 0 radical (unpaired) electrons. The Morgan fingerprint density at radius 2 is 2.07 bits per heavy atom. The van der Waals surface area contributed by atoms with Crippen LogP contribution < -0.4 is 10.5 Å². The number of aliphatic imine (C=N–C) groups is 1. The fourth-order valence-corrected chi connectivity index (χ4v) is 4.60. The van der Waals surface area contributed by atoms with Crippen LogP contribution in [-0.4, -0.2) is 31.9 Å². The highest BCUT2D eigenvalue weighted by molar-refractivity contribution is 6.30. The number of amidine groups is 1. The molecule has 0 saturated carbocycles. The Morgan fingerprint density at radius 1 is 1.19 bits per heavy atom. The topological polar surface area (TPSA) is 66.1 Å². The number of nitrogens with two attached hydrogens (primary N) is 1. The number of fused-ring (bicyclic) bond motifs is 4. The molecule has 0 amide bonds. The van der Waals surface area contributed by atoms with E-state index in [-0.39, 0.29) is 23.9 Å². The second-order valence-electron chi connectivity index (χ2n) is 7.16. The maximum atomic E-state index is 13.8. The predicted molar refractivity (Wildman–Crippen MR) is 99.4 cm³/mol. The molecular formula is C20H18ClFN2O3. The zero-order chi connectivity index (χ0) is 18.6. The summed E-state index contributed by atoms with van der Waals surface area (Å²) in [7, 11) is 0. The molecule has 1 spiro atoms. The molecule has 1 fully saturated rings. The van der Waals surface area contributed by atoms with E-state index in [0.29, 0.717) is 30.4 Å². The Morgan fingerprint density at radius 3 is 2.85 bits per heavy atom. The Kier molecular flexibility index (Phi) is 3.81. The summed E-state index contributed by atoms with van der Waals surface area (Å²) < 4.78 is 31.2. The molecule has 3 aliphatic heterocycles.